The quantitative estimate of drug-likeness (QED) is 0.778. The smallest absolute Gasteiger partial charge is 0.407 e. The van der Waals surface area contributed by atoms with Crippen molar-refractivity contribution in [1.29, 1.82) is 0 Å². The molecule has 0 aliphatic rings. The van der Waals surface area contributed by atoms with Crippen LogP contribution in [0, 0.1) is 3.57 Å². The molecule has 4 nitrogen and oxygen atoms in total. The maximum absolute atomic E-state index is 11.5. The van der Waals surface area contributed by atoms with Crippen LogP contribution in [0.3, 0.4) is 0 Å². The summed E-state index contributed by atoms with van der Waals surface area (Å²) in [6.45, 7) is 0.717. The zero-order chi connectivity index (χ0) is 14.2. The van der Waals surface area contributed by atoms with Gasteiger partial charge in [0.05, 0.1) is 0 Å². The molecule has 0 atom stereocenters. The average Bonchev–Trinajstić information content (AvgIpc) is 2.88. The minimum absolute atomic E-state index is 0.283. The van der Waals surface area contributed by atoms with Crippen molar-refractivity contribution in [3.63, 3.8) is 0 Å². The van der Waals surface area contributed by atoms with Gasteiger partial charge in [-0.2, -0.15) is 0 Å². The maximum atomic E-state index is 11.5. The third-order valence-corrected chi connectivity index (χ3v) is 3.17. The number of hydrogen-bond acceptors (Lipinski definition) is 2. The molecule has 1 heterocycles. The van der Waals surface area contributed by atoms with Gasteiger partial charge >= 0.3 is 6.09 Å². The zero-order valence-corrected chi connectivity index (χ0v) is 13.0. The summed E-state index contributed by atoms with van der Waals surface area (Å²) in [6.07, 6.45) is 5.28. The molecule has 0 saturated carbocycles. The van der Waals surface area contributed by atoms with E-state index in [-0.39, 0.29) is 6.61 Å². The third kappa shape index (κ3) is 5.08. The van der Waals surface area contributed by atoms with Crippen molar-refractivity contribution < 1.29 is 9.53 Å². The van der Waals surface area contributed by atoms with Gasteiger partial charge in [0.25, 0.3) is 0 Å². The summed E-state index contributed by atoms with van der Waals surface area (Å²) < 4.78 is 6.24. The summed E-state index contributed by atoms with van der Waals surface area (Å²) in [5.41, 5.74) is 1.98. The van der Waals surface area contributed by atoms with E-state index in [2.05, 4.69) is 32.9 Å². The largest absolute Gasteiger partial charge is 0.445 e. The lowest BCUT2D eigenvalue weighted by atomic mass is 10.2. The monoisotopic (exact) mass is 382 g/mol. The van der Waals surface area contributed by atoms with E-state index in [1.807, 2.05) is 54.7 Å². The lowest BCUT2D eigenvalue weighted by Crippen LogP contribution is -2.24. The summed E-state index contributed by atoms with van der Waals surface area (Å²) in [5, 5.41) is 2.67. The second kappa shape index (κ2) is 7.74. The number of benzene rings is 1. The molecule has 20 heavy (non-hydrogen) atoms. The first-order chi connectivity index (χ1) is 9.74. The summed E-state index contributed by atoms with van der Waals surface area (Å²) in [6, 6.07) is 11.6. The van der Waals surface area contributed by atoms with Gasteiger partial charge in [-0.1, -0.05) is 36.4 Å². The Balaban J connectivity index is 1.66. The molecule has 0 spiro atoms. The first-order valence-corrected chi connectivity index (χ1v) is 7.27. The van der Waals surface area contributed by atoms with Crippen LogP contribution in [-0.2, 0) is 11.3 Å². The van der Waals surface area contributed by atoms with Gasteiger partial charge in [0, 0.05) is 22.0 Å². The van der Waals surface area contributed by atoms with Crippen LogP contribution in [0.15, 0.2) is 48.7 Å². The molecule has 0 bridgehead atoms. The lowest BCUT2D eigenvalue weighted by Gasteiger charge is -2.05. The fourth-order valence-corrected chi connectivity index (χ4v) is 2.07. The van der Waals surface area contributed by atoms with Gasteiger partial charge < -0.3 is 15.0 Å². The first-order valence-electron chi connectivity index (χ1n) is 6.19. The number of ether oxygens (including phenoxy) is 1. The molecular weight excluding hydrogens is 367 g/mol. The molecule has 0 saturated heterocycles. The third-order valence-electron chi connectivity index (χ3n) is 2.54. The minimum atomic E-state index is -0.417. The summed E-state index contributed by atoms with van der Waals surface area (Å²) >= 11 is 2.23. The number of nitrogens with one attached hydrogen (secondary N) is 2. The molecule has 2 N–H and O–H groups in total. The van der Waals surface area contributed by atoms with Gasteiger partial charge in [-0.25, -0.2) is 4.79 Å². The van der Waals surface area contributed by atoms with Crippen LogP contribution in [0.25, 0.3) is 6.08 Å². The van der Waals surface area contributed by atoms with Gasteiger partial charge in [-0.15, -0.1) is 0 Å². The van der Waals surface area contributed by atoms with E-state index >= 15 is 0 Å². The molecule has 1 aromatic carbocycles. The Morgan fingerprint density at radius 3 is 2.85 bits per heavy atom. The van der Waals surface area contributed by atoms with E-state index in [0.717, 1.165) is 14.8 Å². The van der Waals surface area contributed by atoms with Crippen LogP contribution in [0.2, 0.25) is 0 Å². The molecule has 0 aliphatic carbocycles. The Bertz CT molecular complexity index is 579. The topological polar surface area (TPSA) is 54.1 Å². The van der Waals surface area contributed by atoms with E-state index in [1.165, 1.54) is 0 Å². The van der Waals surface area contributed by atoms with Crippen LogP contribution in [0.4, 0.5) is 4.79 Å². The normalized spacial score (nSPS) is 10.7. The zero-order valence-electron chi connectivity index (χ0n) is 10.8. The molecule has 2 rings (SSSR count). The number of aromatic nitrogens is 1. The number of halogens is 1. The van der Waals surface area contributed by atoms with Gasteiger partial charge in [-0.3, -0.25) is 0 Å². The van der Waals surface area contributed by atoms with Crippen LogP contribution >= 0.6 is 22.6 Å². The fourth-order valence-electron chi connectivity index (χ4n) is 1.58. The minimum Gasteiger partial charge on any atom is -0.445 e. The van der Waals surface area contributed by atoms with Gasteiger partial charge in [0.15, 0.2) is 0 Å². The highest BCUT2D eigenvalue weighted by molar-refractivity contribution is 14.1. The Kier molecular flexibility index (Phi) is 5.67. The number of rotatable bonds is 5. The van der Waals surface area contributed by atoms with Crippen molar-refractivity contribution in [2.45, 2.75) is 6.61 Å². The molecule has 1 aromatic heterocycles. The van der Waals surface area contributed by atoms with Crippen molar-refractivity contribution in [3.05, 3.63) is 63.5 Å². The second-order valence-electron chi connectivity index (χ2n) is 4.12. The molecule has 2 aromatic rings. The Morgan fingerprint density at radius 2 is 2.15 bits per heavy atom. The van der Waals surface area contributed by atoms with E-state index in [9.17, 15) is 4.79 Å². The average molecular weight is 382 g/mol. The number of H-pyrrole nitrogens is 1. The Morgan fingerprint density at radius 1 is 1.35 bits per heavy atom. The van der Waals surface area contributed by atoms with E-state index < -0.39 is 6.09 Å². The first kappa shape index (κ1) is 14.6. The summed E-state index contributed by atoms with van der Waals surface area (Å²) in [7, 11) is 0. The maximum Gasteiger partial charge on any atom is 0.407 e. The van der Waals surface area contributed by atoms with Crippen LogP contribution in [0.5, 0.6) is 0 Å². The van der Waals surface area contributed by atoms with Crippen molar-refractivity contribution >= 4 is 34.8 Å². The molecule has 0 unspecified atom stereocenters. The molecule has 104 valence electrons. The highest BCUT2D eigenvalue weighted by atomic mass is 127. The van der Waals surface area contributed by atoms with Gasteiger partial charge in [-0.05, 0) is 40.3 Å². The van der Waals surface area contributed by atoms with Crippen molar-refractivity contribution in [2.75, 3.05) is 6.54 Å². The highest BCUT2D eigenvalue weighted by Crippen LogP contribution is 2.07. The number of aromatic amines is 1. The molecule has 0 aliphatic heterocycles. The summed E-state index contributed by atoms with van der Waals surface area (Å²) in [4.78, 5) is 14.6. The lowest BCUT2D eigenvalue weighted by molar-refractivity contribution is 0.141. The number of amides is 1. The SMILES string of the molecule is O=C(NCC=Cc1cc(I)c[nH]1)OCc1ccccc1. The second-order valence-corrected chi connectivity index (χ2v) is 5.36. The molecule has 5 heteroatoms. The predicted octanol–water partition coefficient (Wildman–Crippen LogP) is 3.56. The van der Waals surface area contributed by atoms with Gasteiger partial charge in [0.1, 0.15) is 6.61 Å². The van der Waals surface area contributed by atoms with E-state index in [4.69, 9.17) is 4.74 Å². The number of carbonyl (C=O) groups excluding carboxylic acids is 1. The van der Waals surface area contributed by atoms with Crippen LogP contribution in [-0.4, -0.2) is 17.6 Å². The molecular formula is C15H15IN2O2. The fraction of sp³-hybridized carbons (Fsp3) is 0.133. The predicted molar refractivity (Wildman–Crippen MR) is 87.2 cm³/mol. The van der Waals surface area contributed by atoms with Crippen molar-refractivity contribution in [3.8, 4) is 0 Å². The molecule has 0 fully saturated rings. The molecule has 0 radical (unpaired) electrons. The Hall–Kier alpha value is -1.76. The Labute approximate surface area is 131 Å². The standard InChI is InChI=1S/C15H15IN2O2/c16-13-9-14(18-10-13)7-4-8-17-15(19)20-11-12-5-2-1-3-6-12/h1-7,9-10,18H,8,11H2,(H,17,19). The number of carbonyl (C=O) groups is 1. The van der Waals surface area contributed by atoms with Crippen LogP contribution < -0.4 is 5.32 Å². The number of alkyl carbamates (subject to hydrolysis) is 1. The molecule has 1 amide bonds. The van der Waals surface area contributed by atoms with Gasteiger partial charge in [0.2, 0.25) is 0 Å². The van der Waals surface area contributed by atoms with E-state index in [0.29, 0.717) is 6.54 Å². The van der Waals surface area contributed by atoms with Crippen molar-refractivity contribution in [1.82, 2.24) is 10.3 Å². The van der Waals surface area contributed by atoms with E-state index in [1.54, 1.807) is 0 Å². The highest BCUT2D eigenvalue weighted by Gasteiger charge is 2.00. The summed E-state index contributed by atoms with van der Waals surface area (Å²) in [5.74, 6) is 0. The van der Waals surface area contributed by atoms with Crippen molar-refractivity contribution in [2.24, 2.45) is 0 Å². The number of hydrogen-bond donors (Lipinski definition) is 2. The van der Waals surface area contributed by atoms with Crippen LogP contribution in [0.1, 0.15) is 11.3 Å².